The lowest BCUT2D eigenvalue weighted by molar-refractivity contribution is -0.384. The number of fused-ring (bicyclic) bond motifs is 1. The summed E-state index contributed by atoms with van der Waals surface area (Å²) in [6, 6.07) is 4.09. The van der Waals surface area contributed by atoms with Gasteiger partial charge in [0.1, 0.15) is 23.7 Å². The van der Waals surface area contributed by atoms with Gasteiger partial charge in [0.25, 0.3) is 5.69 Å². The number of nitro groups is 1. The molecule has 0 aliphatic carbocycles. The number of nitrogens with two attached hydrogens (primary N) is 1. The topological polar surface area (TPSA) is 153 Å². The summed E-state index contributed by atoms with van der Waals surface area (Å²) in [4.78, 5) is 46.5. The molecule has 3 rings (SSSR count). The van der Waals surface area contributed by atoms with Crippen LogP contribution in [0.2, 0.25) is 0 Å². The molecule has 1 aromatic carbocycles. The van der Waals surface area contributed by atoms with Crippen molar-refractivity contribution >= 4 is 47.7 Å². The summed E-state index contributed by atoms with van der Waals surface area (Å²) < 4.78 is 5.11. The summed E-state index contributed by atoms with van der Waals surface area (Å²) in [5.74, 6) is -2.27. The fourth-order valence-electron chi connectivity index (χ4n) is 2.65. The normalized spacial score (nSPS) is 20.9. The van der Waals surface area contributed by atoms with E-state index in [-0.39, 0.29) is 47.3 Å². The van der Waals surface area contributed by atoms with Gasteiger partial charge in [-0.15, -0.1) is 24.2 Å². The zero-order valence-corrected chi connectivity index (χ0v) is 15.2. The van der Waals surface area contributed by atoms with E-state index < -0.39 is 34.2 Å². The SMILES string of the molecule is Cl.NC1C(=O)N2C(C(=O)O)=C(COC(=O)c3ccc([N+](=O)[O-])cc3)CS[C@H]12. The minimum absolute atomic E-state index is 0. The van der Waals surface area contributed by atoms with Crippen LogP contribution >= 0.6 is 24.2 Å². The van der Waals surface area contributed by atoms with E-state index in [2.05, 4.69) is 0 Å². The van der Waals surface area contributed by atoms with Crippen LogP contribution in [-0.4, -0.2) is 56.6 Å². The number of ether oxygens (including phenoxy) is 1. The Kier molecular flexibility index (Phi) is 6.08. The smallest absolute Gasteiger partial charge is 0.352 e. The number of thioether (sulfide) groups is 1. The van der Waals surface area contributed by atoms with Crippen LogP contribution in [0.4, 0.5) is 5.69 Å². The maximum Gasteiger partial charge on any atom is 0.352 e. The molecule has 0 bridgehead atoms. The van der Waals surface area contributed by atoms with Gasteiger partial charge in [-0.3, -0.25) is 19.8 Å². The third-order valence-corrected chi connectivity index (χ3v) is 5.34. The first-order valence-electron chi connectivity index (χ1n) is 7.38. The lowest BCUT2D eigenvalue weighted by Gasteiger charge is -2.47. The quantitative estimate of drug-likeness (QED) is 0.307. The second-order valence-corrected chi connectivity index (χ2v) is 6.68. The molecule has 1 saturated heterocycles. The number of hydrogen-bond donors (Lipinski definition) is 2. The summed E-state index contributed by atoms with van der Waals surface area (Å²) in [5, 5.41) is 19.6. The van der Waals surface area contributed by atoms with Crippen molar-refractivity contribution < 1.29 is 29.2 Å². The van der Waals surface area contributed by atoms with E-state index in [1.165, 1.54) is 36.0 Å². The molecule has 2 aliphatic heterocycles. The molecule has 0 saturated carbocycles. The lowest BCUT2D eigenvalue weighted by atomic mass is 10.0. The van der Waals surface area contributed by atoms with Crippen LogP contribution in [0.25, 0.3) is 0 Å². The molecule has 0 spiro atoms. The van der Waals surface area contributed by atoms with E-state index in [9.17, 15) is 29.6 Å². The van der Waals surface area contributed by atoms with Gasteiger partial charge >= 0.3 is 11.9 Å². The fourth-order valence-corrected chi connectivity index (χ4v) is 3.92. The highest BCUT2D eigenvalue weighted by Gasteiger charge is 2.51. The summed E-state index contributed by atoms with van der Waals surface area (Å²) in [6.07, 6.45) is 0. The Morgan fingerprint density at radius 1 is 1.37 bits per heavy atom. The first kappa shape index (κ1) is 20.7. The molecule has 10 nitrogen and oxygen atoms in total. The number of non-ortho nitro benzene ring substituents is 1. The van der Waals surface area contributed by atoms with Crippen molar-refractivity contribution in [2.45, 2.75) is 11.4 Å². The van der Waals surface area contributed by atoms with Gasteiger partial charge in [-0.2, -0.15) is 0 Å². The molecule has 12 heteroatoms. The number of esters is 1. The van der Waals surface area contributed by atoms with Crippen LogP contribution in [0.1, 0.15) is 10.4 Å². The van der Waals surface area contributed by atoms with Crippen LogP contribution in [0.5, 0.6) is 0 Å². The number of nitrogens with zero attached hydrogens (tertiary/aromatic N) is 2. The molecule has 3 N–H and O–H groups in total. The number of hydrogen-bond acceptors (Lipinski definition) is 8. The molecule has 1 unspecified atom stereocenters. The number of amides is 1. The summed E-state index contributed by atoms with van der Waals surface area (Å²) in [7, 11) is 0. The first-order valence-corrected chi connectivity index (χ1v) is 8.43. The van der Waals surface area contributed by atoms with Gasteiger partial charge < -0.3 is 15.6 Å². The average molecular weight is 416 g/mol. The molecule has 2 heterocycles. The highest BCUT2D eigenvalue weighted by molar-refractivity contribution is 8.00. The third kappa shape index (κ3) is 3.75. The minimum Gasteiger partial charge on any atom is -0.477 e. The highest BCUT2D eigenvalue weighted by Crippen LogP contribution is 2.39. The number of carbonyl (C=O) groups is 3. The number of nitro benzene ring substituents is 1. The van der Waals surface area contributed by atoms with Gasteiger partial charge in [-0.25, -0.2) is 9.59 Å². The van der Waals surface area contributed by atoms with E-state index in [1.807, 2.05) is 0 Å². The number of benzene rings is 1. The number of rotatable bonds is 5. The number of carbonyl (C=O) groups excluding carboxylic acids is 2. The van der Waals surface area contributed by atoms with Gasteiger partial charge in [0.2, 0.25) is 5.91 Å². The Morgan fingerprint density at radius 2 is 2.00 bits per heavy atom. The maximum atomic E-state index is 12.1. The van der Waals surface area contributed by atoms with Crippen molar-refractivity contribution in [1.82, 2.24) is 4.90 Å². The largest absolute Gasteiger partial charge is 0.477 e. The second kappa shape index (κ2) is 7.94. The Hall–Kier alpha value is -2.63. The Morgan fingerprint density at radius 3 is 2.56 bits per heavy atom. The lowest BCUT2D eigenvalue weighted by Crippen LogP contribution is -2.68. The fraction of sp³-hybridized carbons (Fsp3) is 0.267. The van der Waals surface area contributed by atoms with Gasteiger partial charge in [0.15, 0.2) is 0 Å². The molecular weight excluding hydrogens is 402 g/mol. The van der Waals surface area contributed by atoms with Crippen molar-refractivity contribution in [2.75, 3.05) is 12.4 Å². The second-order valence-electron chi connectivity index (χ2n) is 5.57. The monoisotopic (exact) mass is 415 g/mol. The predicted octanol–water partition coefficient (Wildman–Crippen LogP) is 0.754. The highest BCUT2D eigenvalue weighted by atomic mass is 35.5. The zero-order valence-electron chi connectivity index (χ0n) is 13.6. The molecule has 1 amide bonds. The van der Waals surface area contributed by atoms with Crippen LogP contribution in [0.3, 0.4) is 0 Å². The molecule has 27 heavy (non-hydrogen) atoms. The minimum atomic E-state index is -1.29. The standard InChI is InChI=1S/C15H13N3O7S.ClH/c16-10-12(19)17-11(14(20)21)8(6-26-13(10)17)5-25-15(22)7-1-3-9(4-2-7)18(23)24;/h1-4,10,13H,5-6,16H2,(H,20,21);1H/t10?,13-;/m1./s1. The Bertz CT molecular complexity index is 842. The van der Waals surface area contributed by atoms with Crippen molar-refractivity contribution in [3.8, 4) is 0 Å². The molecule has 0 radical (unpaired) electrons. The van der Waals surface area contributed by atoms with Gasteiger partial charge in [0, 0.05) is 23.5 Å². The third-order valence-electron chi connectivity index (χ3n) is 3.98. The maximum absolute atomic E-state index is 12.1. The average Bonchev–Trinajstić information content (AvgIpc) is 2.64. The first-order chi connectivity index (χ1) is 12.3. The van der Waals surface area contributed by atoms with Crippen molar-refractivity contribution in [3.63, 3.8) is 0 Å². The molecule has 144 valence electrons. The molecule has 1 fully saturated rings. The van der Waals surface area contributed by atoms with Crippen LogP contribution in [-0.2, 0) is 14.3 Å². The van der Waals surface area contributed by atoms with Gasteiger partial charge in [-0.05, 0) is 12.1 Å². The summed E-state index contributed by atoms with van der Waals surface area (Å²) in [6.45, 7) is -0.309. The van der Waals surface area contributed by atoms with E-state index in [0.717, 1.165) is 4.90 Å². The van der Waals surface area contributed by atoms with Crippen LogP contribution < -0.4 is 5.73 Å². The predicted molar refractivity (Wildman–Crippen MR) is 96.4 cm³/mol. The van der Waals surface area contributed by atoms with Crippen LogP contribution in [0.15, 0.2) is 35.5 Å². The van der Waals surface area contributed by atoms with E-state index >= 15 is 0 Å². The zero-order chi connectivity index (χ0) is 19.0. The Labute approximate surface area is 162 Å². The number of halogens is 1. The van der Waals surface area contributed by atoms with Crippen molar-refractivity contribution in [3.05, 3.63) is 51.2 Å². The van der Waals surface area contributed by atoms with Crippen LogP contribution in [0, 0.1) is 10.1 Å². The van der Waals surface area contributed by atoms with Gasteiger partial charge in [-0.1, -0.05) is 0 Å². The molecule has 2 aliphatic rings. The van der Waals surface area contributed by atoms with Gasteiger partial charge in [0.05, 0.1) is 10.5 Å². The molecular formula is C15H14ClN3O7S. The molecule has 2 atom stereocenters. The number of carboxylic acid groups (broad SMARTS) is 1. The number of aliphatic carboxylic acids is 1. The number of β-lactam (4-membered cyclic amide) rings is 1. The van der Waals surface area contributed by atoms with E-state index in [0.29, 0.717) is 0 Å². The van der Waals surface area contributed by atoms with Crippen molar-refractivity contribution in [1.29, 1.82) is 0 Å². The van der Waals surface area contributed by atoms with Crippen molar-refractivity contribution in [2.24, 2.45) is 5.73 Å². The number of carboxylic acids is 1. The molecule has 0 aromatic heterocycles. The summed E-state index contributed by atoms with van der Waals surface area (Å²) >= 11 is 1.30. The Balaban J connectivity index is 0.00000261. The molecule has 1 aromatic rings. The van der Waals surface area contributed by atoms with E-state index in [1.54, 1.807) is 0 Å². The summed E-state index contributed by atoms with van der Waals surface area (Å²) in [5.41, 5.74) is 5.66. The van der Waals surface area contributed by atoms with E-state index in [4.69, 9.17) is 10.5 Å².